The number of carbonyl (C=O) groups is 2. The number of ether oxygens (including phenoxy) is 3. The fourth-order valence-electron chi connectivity index (χ4n) is 5.06. The van der Waals surface area contributed by atoms with E-state index in [0.717, 1.165) is 49.2 Å². The van der Waals surface area contributed by atoms with Crippen molar-refractivity contribution in [3.63, 3.8) is 0 Å². The molecular formula is C41H52O5. The molecule has 0 bridgehead atoms. The van der Waals surface area contributed by atoms with Crippen molar-refractivity contribution in [2.75, 3.05) is 6.61 Å². The monoisotopic (exact) mass is 624 g/mol. The van der Waals surface area contributed by atoms with Crippen LogP contribution < -0.4 is 9.47 Å². The summed E-state index contributed by atoms with van der Waals surface area (Å²) < 4.78 is 16.9. The lowest BCUT2D eigenvalue weighted by Crippen LogP contribution is -2.15. The first-order chi connectivity index (χ1) is 22.5. The van der Waals surface area contributed by atoms with E-state index in [9.17, 15) is 9.59 Å². The lowest BCUT2D eigenvalue weighted by atomic mass is 10.1. The largest absolute Gasteiger partial charge is 0.494 e. The second-order valence-corrected chi connectivity index (χ2v) is 12.0. The van der Waals surface area contributed by atoms with Crippen molar-refractivity contribution >= 4 is 11.9 Å². The molecule has 0 aliphatic heterocycles. The third-order valence-corrected chi connectivity index (χ3v) is 7.92. The molecule has 3 aromatic carbocycles. The van der Waals surface area contributed by atoms with Crippen molar-refractivity contribution in [3.05, 3.63) is 95.1 Å². The van der Waals surface area contributed by atoms with Gasteiger partial charge in [-0.1, -0.05) is 96.3 Å². The second-order valence-electron chi connectivity index (χ2n) is 12.0. The Balaban J connectivity index is 1.38. The highest BCUT2D eigenvalue weighted by atomic mass is 16.5. The molecule has 1 unspecified atom stereocenters. The number of rotatable bonds is 20. The summed E-state index contributed by atoms with van der Waals surface area (Å²) in [6.45, 7) is 7.09. The van der Waals surface area contributed by atoms with Crippen LogP contribution in [0.4, 0.5) is 0 Å². The van der Waals surface area contributed by atoms with Gasteiger partial charge in [0.2, 0.25) is 0 Å². The van der Waals surface area contributed by atoms with E-state index in [1.807, 2.05) is 31.2 Å². The topological polar surface area (TPSA) is 61.8 Å². The summed E-state index contributed by atoms with van der Waals surface area (Å²) in [6, 6.07) is 21.3. The molecule has 0 saturated carbocycles. The fourth-order valence-corrected chi connectivity index (χ4v) is 5.06. The Kier molecular flexibility index (Phi) is 17.1. The van der Waals surface area contributed by atoms with Gasteiger partial charge >= 0.3 is 11.9 Å². The average Bonchev–Trinajstić information content (AvgIpc) is 3.07. The minimum absolute atomic E-state index is 0.131. The number of hydrogen-bond acceptors (Lipinski definition) is 5. The van der Waals surface area contributed by atoms with Gasteiger partial charge in [-0.2, -0.15) is 0 Å². The first-order valence-corrected chi connectivity index (χ1v) is 17.4. The Labute approximate surface area is 277 Å². The summed E-state index contributed by atoms with van der Waals surface area (Å²) in [6.07, 6.45) is 17.0. The highest BCUT2D eigenvalue weighted by Gasteiger charge is 2.13. The second kappa shape index (κ2) is 21.7. The molecule has 3 aromatic rings. The maximum Gasteiger partial charge on any atom is 0.343 e. The molecule has 0 fully saturated rings. The summed E-state index contributed by atoms with van der Waals surface area (Å²) in [7, 11) is 0. The number of carbonyl (C=O) groups excluding carboxylic acids is 2. The van der Waals surface area contributed by atoms with Gasteiger partial charge < -0.3 is 14.2 Å². The summed E-state index contributed by atoms with van der Waals surface area (Å²) >= 11 is 0. The van der Waals surface area contributed by atoms with Gasteiger partial charge in [0.05, 0.1) is 23.8 Å². The molecule has 3 rings (SSSR count). The first-order valence-electron chi connectivity index (χ1n) is 17.4. The minimum atomic E-state index is -0.478. The van der Waals surface area contributed by atoms with Crippen molar-refractivity contribution in [1.82, 2.24) is 0 Å². The highest BCUT2D eigenvalue weighted by Crippen LogP contribution is 2.18. The quantitative estimate of drug-likeness (QED) is 0.0542. The highest BCUT2D eigenvalue weighted by molar-refractivity contribution is 5.92. The Morgan fingerprint density at radius 2 is 1.02 bits per heavy atom. The molecule has 0 saturated heterocycles. The Morgan fingerprint density at radius 3 is 1.61 bits per heavy atom. The summed E-state index contributed by atoms with van der Waals surface area (Å²) in [5.41, 5.74) is 2.54. The Morgan fingerprint density at radius 1 is 0.565 bits per heavy atom. The lowest BCUT2D eigenvalue weighted by Gasteiger charge is -2.13. The molecule has 0 aliphatic carbocycles. The molecule has 0 heterocycles. The van der Waals surface area contributed by atoms with Crippen LogP contribution >= 0.6 is 0 Å². The van der Waals surface area contributed by atoms with Crippen LogP contribution in [0.5, 0.6) is 11.5 Å². The summed E-state index contributed by atoms with van der Waals surface area (Å²) in [4.78, 5) is 25.1. The van der Waals surface area contributed by atoms with Crippen molar-refractivity contribution in [2.24, 2.45) is 0 Å². The Hall–Kier alpha value is -4.04. The minimum Gasteiger partial charge on any atom is -0.494 e. The Bertz CT molecular complexity index is 1350. The predicted molar refractivity (Wildman–Crippen MR) is 187 cm³/mol. The van der Waals surface area contributed by atoms with Crippen molar-refractivity contribution < 1.29 is 23.8 Å². The van der Waals surface area contributed by atoms with Gasteiger partial charge in [-0.25, -0.2) is 9.59 Å². The number of hydrogen-bond donors (Lipinski definition) is 0. The van der Waals surface area contributed by atoms with Crippen molar-refractivity contribution in [3.8, 4) is 23.3 Å². The predicted octanol–water partition coefficient (Wildman–Crippen LogP) is 10.7. The standard InChI is InChI=1S/C41H52O5/c1-4-6-8-10-11-12-13-14-16-32-44-38-28-22-35(23-29-38)19-18-34-20-24-36(25-21-34)41(43)46-39-30-26-37(27-31-39)40(42)45-33(3)17-15-9-7-5-2/h20-31,33H,4-17,32H2,1-3H3. The zero-order valence-electron chi connectivity index (χ0n) is 28.2. The van der Waals surface area contributed by atoms with E-state index in [1.165, 1.54) is 64.2 Å². The third-order valence-electron chi connectivity index (χ3n) is 7.92. The zero-order valence-corrected chi connectivity index (χ0v) is 28.2. The van der Waals surface area contributed by atoms with E-state index >= 15 is 0 Å². The third kappa shape index (κ3) is 14.4. The van der Waals surface area contributed by atoms with Crippen LogP contribution in [0.2, 0.25) is 0 Å². The molecule has 0 amide bonds. The maximum absolute atomic E-state index is 12.7. The molecule has 0 spiro atoms. The average molecular weight is 625 g/mol. The normalized spacial score (nSPS) is 11.3. The lowest BCUT2D eigenvalue weighted by molar-refractivity contribution is 0.0319. The van der Waals surface area contributed by atoms with Crippen molar-refractivity contribution in [2.45, 2.75) is 117 Å². The molecular weight excluding hydrogens is 572 g/mol. The number of benzene rings is 3. The molecule has 5 heteroatoms. The van der Waals surface area contributed by atoms with E-state index in [4.69, 9.17) is 14.2 Å². The first kappa shape index (κ1) is 36.4. The van der Waals surface area contributed by atoms with Gasteiger partial charge in [-0.05, 0) is 99.0 Å². The maximum atomic E-state index is 12.7. The van der Waals surface area contributed by atoms with Crippen LogP contribution in [0.25, 0.3) is 0 Å². The number of esters is 2. The van der Waals surface area contributed by atoms with Gasteiger partial charge in [0.25, 0.3) is 0 Å². The zero-order chi connectivity index (χ0) is 32.8. The SMILES string of the molecule is CCCCCCCCCCCOc1ccc(C#Cc2ccc(C(=O)Oc3ccc(C(=O)OC(C)CCCCCC)cc3)cc2)cc1. The molecule has 0 radical (unpaired) electrons. The molecule has 5 nitrogen and oxygen atoms in total. The van der Waals surface area contributed by atoms with E-state index in [2.05, 4.69) is 25.7 Å². The van der Waals surface area contributed by atoms with Gasteiger partial charge in [0, 0.05) is 11.1 Å². The van der Waals surface area contributed by atoms with E-state index in [0.29, 0.717) is 16.9 Å². The molecule has 46 heavy (non-hydrogen) atoms. The van der Waals surface area contributed by atoms with Gasteiger partial charge in [0.15, 0.2) is 0 Å². The smallest absolute Gasteiger partial charge is 0.343 e. The van der Waals surface area contributed by atoms with Gasteiger partial charge in [-0.3, -0.25) is 0 Å². The van der Waals surface area contributed by atoms with Crippen molar-refractivity contribution in [1.29, 1.82) is 0 Å². The molecule has 0 aromatic heterocycles. The summed E-state index contributed by atoms with van der Waals surface area (Å²) in [5, 5.41) is 0. The molecule has 0 aliphatic rings. The summed E-state index contributed by atoms with van der Waals surface area (Å²) in [5.74, 6) is 6.69. The molecule has 246 valence electrons. The van der Waals surface area contributed by atoms with Gasteiger partial charge in [-0.15, -0.1) is 0 Å². The van der Waals surface area contributed by atoms with E-state index in [1.54, 1.807) is 48.5 Å². The number of unbranched alkanes of at least 4 members (excludes halogenated alkanes) is 11. The van der Waals surface area contributed by atoms with Gasteiger partial charge in [0.1, 0.15) is 11.5 Å². The van der Waals surface area contributed by atoms with Crippen LogP contribution in [0.15, 0.2) is 72.8 Å². The van der Waals surface area contributed by atoms with E-state index < -0.39 is 5.97 Å². The van der Waals surface area contributed by atoms with Crippen LogP contribution in [0.3, 0.4) is 0 Å². The fraction of sp³-hybridized carbons (Fsp3) is 0.463. The van der Waals surface area contributed by atoms with E-state index in [-0.39, 0.29) is 12.1 Å². The molecule has 0 N–H and O–H groups in total. The van der Waals surface area contributed by atoms with Crippen LogP contribution in [0, 0.1) is 11.8 Å². The van der Waals surface area contributed by atoms with Crippen LogP contribution in [-0.2, 0) is 4.74 Å². The van der Waals surface area contributed by atoms with Crippen LogP contribution in [-0.4, -0.2) is 24.6 Å². The molecule has 1 atom stereocenters. The van der Waals surface area contributed by atoms with Crippen LogP contribution in [0.1, 0.15) is 143 Å².